The molecule has 2 unspecified atom stereocenters. The number of amides is 2. The molecule has 20 heavy (non-hydrogen) atoms. The average Bonchev–Trinajstić information content (AvgIpc) is 2.89. The summed E-state index contributed by atoms with van der Waals surface area (Å²) in [7, 11) is 0. The number of aliphatic hydroxyl groups is 1. The van der Waals surface area contributed by atoms with Crippen molar-refractivity contribution in [2.75, 3.05) is 19.6 Å². The van der Waals surface area contributed by atoms with E-state index in [1.165, 1.54) is 4.88 Å². The first-order chi connectivity index (χ1) is 9.60. The van der Waals surface area contributed by atoms with Crippen molar-refractivity contribution < 1.29 is 9.90 Å². The molecule has 0 aromatic carbocycles. The SMILES string of the molecule is CCc1cnc(CCNC(=O)N2CCC(C)C(O)C2)s1. The number of hydrogen-bond donors (Lipinski definition) is 2. The third-order valence-corrected chi connectivity index (χ3v) is 4.97. The van der Waals surface area contributed by atoms with Crippen LogP contribution in [0.1, 0.15) is 30.2 Å². The Labute approximate surface area is 124 Å². The zero-order valence-corrected chi connectivity index (χ0v) is 12.9. The van der Waals surface area contributed by atoms with Gasteiger partial charge < -0.3 is 15.3 Å². The maximum absolute atomic E-state index is 12.0. The molecule has 2 N–H and O–H groups in total. The predicted octanol–water partition coefficient (Wildman–Crippen LogP) is 1.66. The number of β-amino-alcohol motifs (C(OH)–C–C–N with tert-alkyl or cyclic N) is 1. The van der Waals surface area contributed by atoms with E-state index in [0.29, 0.717) is 13.1 Å². The van der Waals surface area contributed by atoms with Gasteiger partial charge in [-0.25, -0.2) is 9.78 Å². The summed E-state index contributed by atoms with van der Waals surface area (Å²) in [4.78, 5) is 19.3. The van der Waals surface area contributed by atoms with Crippen molar-refractivity contribution in [3.05, 3.63) is 16.1 Å². The van der Waals surface area contributed by atoms with Crippen LogP contribution in [-0.4, -0.2) is 46.8 Å². The van der Waals surface area contributed by atoms with E-state index in [4.69, 9.17) is 0 Å². The fourth-order valence-electron chi connectivity index (χ4n) is 2.25. The van der Waals surface area contributed by atoms with Crippen LogP contribution in [0.15, 0.2) is 6.20 Å². The van der Waals surface area contributed by atoms with Crippen LogP contribution in [0, 0.1) is 5.92 Å². The van der Waals surface area contributed by atoms with E-state index >= 15 is 0 Å². The topological polar surface area (TPSA) is 65.5 Å². The van der Waals surface area contributed by atoms with Crippen LogP contribution in [0.25, 0.3) is 0 Å². The molecular formula is C14H23N3O2S. The van der Waals surface area contributed by atoms with E-state index in [1.54, 1.807) is 16.2 Å². The quantitative estimate of drug-likeness (QED) is 0.888. The van der Waals surface area contributed by atoms with Crippen molar-refractivity contribution in [1.29, 1.82) is 0 Å². The predicted molar refractivity (Wildman–Crippen MR) is 80.0 cm³/mol. The van der Waals surface area contributed by atoms with Gasteiger partial charge in [0.1, 0.15) is 0 Å². The number of aromatic nitrogens is 1. The van der Waals surface area contributed by atoms with Crippen molar-refractivity contribution >= 4 is 17.4 Å². The summed E-state index contributed by atoms with van der Waals surface area (Å²) in [6.45, 7) is 5.89. The fourth-order valence-corrected chi connectivity index (χ4v) is 3.11. The number of hydrogen-bond acceptors (Lipinski definition) is 4. The van der Waals surface area contributed by atoms with E-state index < -0.39 is 6.10 Å². The molecule has 0 radical (unpaired) electrons. The molecule has 0 saturated carbocycles. The molecular weight excluding hydrogens is 274 g/mol. The number of carbonyl (C=O) groups is 1. The second-order valence-electron chi connectivity index (χ2n) is 5.34. The Morgan fingerprint density at radius 1 is 1.65 bits per heavy atom. The van der Waals surface area contributed by atoms with Crippen LogP contribution in [0.2, 0.25) is 0 Å². The minimum atomic E-state index is -0.402. The van der Waals surface area contributed by atoms with E-state index in [2.05, 4.69) is 17.2 Å². The van der Waals surface area contributed by atoms with Crippen molar-refractivity contribution in [2.45, 2.75) is 39.2 Å². The van der Waals surface area contributed by atoms with Crippen LogP contribution in [-0.2, 0) is 12.8 Å². The fraction of sp³-hybridized carbons (Fsp3) is 0.714. The largest absolute Gasteiger partial charge is 0.391 e. The Balaban J connectivity index is 1.72. The van der Waals surface area contributed by atoms with Gasteiger partial charge in [-0.05, 0) is 18.8 Å². The van der Waals surface area contributed by atoms with Gasteiger partial charge in [0.15, 0.2) is 0 Å². The molecule has 2 rings (SSSR count). The van der Waals surface area contributed by atoms with Gasteiger partial charge in [0, 0.05) is 37.1 Å². The van der Waals surface area contributed by atoms with Crippen LogP contribution < -0.4 is 5.32 Å². The lowest BCUT2D eigenvalue weighted by Gasteiger charge is -2.34. The minimum absolute atomic E-state index is 0.0804. The Morgan fingerprint density at radius 2 is 2.45 bits per heavy atom. The molecule has 1 aromatic heterocycles. The van der Waals surface area contributed by atoms with Crippen LogP contribution in [0.3, 0.4) is 0 Å². The Hall–Kier alpha value is -1.14. The van der Waals surface area contributed by atoms with Gasteiger partial charge in [0.25, 0.3) is 0 Å². The normalized spacial score (nSPS) is 22.9. The van der Waals surface area contributed by atoms with Crippen molar-refractivity contribution in [3.63, 3.8) is 0 Å². The lowest BCUT2D eigenvalue weighted by Crippen LogP contribution is -2.49. The Kier molecular flexibility index (Phi) is 5.37. The summed E-state index contributed by atoms with van der Waals surface area (Å²) < 4.78 is 0. The summed E-state index contributed by atoms with van der Waals surface area (Å²) in [5.74, 6) is 0.279. The summed E-state index contributed by atoms with van der Waals surface area (Å²) in [5, 5.41) is 13.8. The van der Waals surface area contributed by atoms with Crippen molar-refractivity contribution in [1.82, 2.24) is 15.2 Å². The number of likely N-dealkylation sites (tertiary alicyclic amines) is 1. The lowest BCUT2D eigenvalue weighted by atomic mass is 9.96. The Morgan fingerprint density at radius 3 is 3.10 bits per heavy atom. The molecule has 5 nitrogen and oxygen atoms in total. The van der Waals surface area contributed by atoms with Crippen LogP contribution >= 0.6 is 11.3 Å². The Bertz CT molecular complexity index is 449. The van der Waals surface area contributed by atoms with Gasteiger partial charge in [0.05, 0.1) is 11.1 Å². The number of carbonyl (C=O) groups excluding carboxylic acids is 1. The lowest BCUT2D eigenvalue weighted by molar-refractivity contribution is 0.0436. The molecule has 1 aliphatic heterocycles. The summed E-state index contributed by atoms with van der Waals surface area (Å²) in [5.41, 5.74) is 0. The molecule has 1 aromatic rings. The molecule has 0 spiro atoms. The maximum atomic E-state index is 12.0. The molecule has 2 heterocycles. The first-order valence-corrected chi connectivity index (χ1v) is 8.06. The third kappa shape index (κ3) is 3.93. The monoisotopic (exact) mass is 297 g/mol. The third-order valence-electron chi connectivity index (χ3n) is 3.77. The number of aryl methyl sites for hydroxylation is 1. The van der Waals surface area contributed by atoms with Gasteiger partial charge in [-0.15, -0.1) is 11.3 Å². The molecule has 1 aliphatic rings. The zero-order valence-electron chi connectivity index (χ0n) is 12.1. The van der Waals surface area contributed by atoms with E-state index in [9.17, 15) is 9.90 Å². The summed E-state index contributed by atoms with van der Waals surface area (Å²) in [6.07, 6.45) is 4.14. The van der Waals surface area contributed by atoms with Gasteiger partial charge in [0.2, 0.25) is 0 Å². The van der Waals surface area contributed by atoms with Gasteiger partial charge in [-0.1, -0.05) is 13.8 Å². The minimum Gasteiger partial charge on any atom is -0.391 e. The van der Waals surface area contributed by atoms with E-state index in [1.807, 2.05) is 13.1 Å². The first kappa shape index (κ1) is 15.3. The van der Waals surface area contributed by atoms with Crippen molar-refractivity contribution in [2.24, 2.45) is 5.92 Å². The maximum Gasteiger partial charge on any atom is 0.317 e. The summed E-state index contributed by atoms with van der Waals surface area (Å²) >= 11 is 1.70. The highest BCUT2D eigenvalue weighted by molar-refractivity contribution is 7.11. The molecule has 112 valence electrons. The number of nitrogens with one attached hydrogen (secondary N) is 1. The number of rotatable bonds is 4. The van der Waals surface area contributed by atoms with Crippen molar-refractivity contribution in [3.8, 4) is 0 Å². The van der Waals surface area contributed by atoms with E-state index in [-0.39, 0.29) is 11.9 Å². The van der Waals surface area contributed by atoms with Gasteiger partial charge >= 0.3 is 6.03 Å². The smallest absolute Gasteiger partial charge is 0.317 e. The molecule has 6 heteroatoms. The summed E-state index contributed by atoms with van der Waals surface area (Å²) in [6, 6.07) is -0.0804. The molecule has 1 fully saturated rings. The number of nitrogens with zero attached hydrogens (tertiary/aromatic N) is 2. The molecule has 0 bridgehead atoms. The standard InChI is InChI=1S/C14H23N3O2S/c1-3-11-8-16-13(20-11)4-6-15-14(19)17-7-5-10(2)12(18)9-17/h8,10,12,18H,3-7,9H2,1-2H3,(H,15,19). The van der Waals surface area contributed by atoms with Crippen LogP contribution in [0.5, 0.6) is 0 Å². The highest BCUT2D eigenvalue weighted by Crippen LogP contribution is 2.17. The second-order valence-corrected chi connectivity index (χ2v) is 6.53. The highest BCUT2D eigenvalue weighted by Gasteiger charge is 2.26. The number of thiazole rings is 1. The van der Waals surface area contributed by atoms with Crippen LogP contribution in [0.4, 0.5) is 4.79 Å². The average molecular weight is 297 g/mol. The number of aliphatic hydroxyl groups excluding tert-OH is 1. The zero-order chi connectivity index (χ0) is 14.5. The number of piperidine rings is 1. The molecule has 2 atom stereocenters. The molecule has 1 saturated heterocycles. The molecule has 2 amide bonds. The highest BCUT2D eigenvalue weighted by atomic mass is 32.1. The first-order valence-electron chi connectivity index (χ1n) is 7.24. The van der Waals surface area contributed by atoms with Gasteiger partial charge in [-0.3, -0.25) is 0 Å². The number of urea groups is 1. The van der Waals surface area contributed by atoms with E-state index in [0.717, 1.165) is 30.8 Å². The second kappa shape index (κ2) is 7.04. The van der Waals surface area contributed by atoms with Gasteiger partial charge in [-0.2, -0.15) is 0 Å². The molecule has 0 aliphatic carbocycles.